The molecule has 1 aromatic rings. The fourth-order valence-electron chi connectivity index (χ4n) is 3.71. The highest BCUT2D eigenvalue weighted by molar-refractivity contribution is 7.17. The standard InChI is InChI=1S/C20H25NO5S/c1-11(2)26-20(25)16-14-9-5-6-10-15(14)27-18(16)21-17(22)12-7-3-4-8-13(12)19(23)24/h3-4,11-13H,5-10H2,1-2H3,(H,21,22)(H,23,24)/p-1/t12-,13-/m0/s1. The Kier molecular flexibility index (Phi) is 5.99. The molecule has 27 heavy (non-hydrogen) atoms. The number of carbonyl (C=O) groups excluding carboxylic acids is 3. The number of carboxylic acid groups (broad SMARTS) is 1. The lowest BCUT2D eigenvalue weighted by Crippen LogP contribution is -2.41. The van der Waals surface area contributed by atoms with Crippen LogP contribution in [0.2, 0.25) is 0 Å². The molecular formula is C20H24NO5S-. The molecule has 0 aliphatic heterocycles. The molecule has 0 spiro atoms. The minimum absolute atomic E-state index is 0.258. The third-order valence-corrected chi connectivity index (χ3v) is 6.23. The fraction of sp³-hybridized carbons (Fsp3) is 0.550. The van der Waals surface area contributed by atoms with Gasteiger partial charge in [0.2, 0.25) is 5.91 Å². The number of hydrogen-bond donors (Lipinski definition) is 1. The van der Waals surface area contributed by atoms with E-state index in [4.69, 9.17) is 4.74 Å². The summed E-state index contributed by atoms with van der Waals surface area (Å²) in [5.74, 6) is -3.58. The SMILES string of the molecule is CC(C)OC(=O)c1c(NC(=O)[C@H]2CC=CC[C@@H]2C(=O)[O-])sc2c1CCCC2. The summed E-state index contributed by atoms with van der Waals surface area (Å²) in [5, 5.41) is 14.7. The number of rotatable bonds is 5. The zero-order valence-electron chi connectivity index (χ0n) is 15.6. The van der Waals surface area contributed by atoms with Gasteiger partial charge in [-0.05, 0) is 57.9 Å². The Morgan fingerprint density at radius 3 is 2.48 bits per heavy atom. The maximum absolute atomic E-state index is 12.8. The summed E-state index contributed by atoms with van der Waals surface area (Å²) in [5.41, 5.74) is 1.40. The lowest BCUT2D eigenvalue weighted by Gasteiger charge is -2.28. The molecule has 2 atom stereocenters. The molecule has 1 heterocycles. The number of carbonyl (C=O) groups is 3. The molecular weight excluding hydrogens is 366 g/mol. The third-order valence-electron chi connectivity index (χ3n) is 5.03. The van der Waals surface area contributed by atoms with Gasteiger partial charge in [-0.15, -0.1) is 11.3 Å². The lowest BCUT2D eigenvalue weighted by molar-refractivity contribution is -0.313. The van der Waals surface area contributed by atoms with Crippen molar-refractivity contribution in [2.24, 2.45) is 11.8 Å². The number of carboxylic acids is 1. The molecule has 7 heteroatoms. The van der Waals surface area contributed by atoms with E-state index < -0.39 is 23.8 Å². The maximum Gasteiger partial charge on any atom is 0.341 e. The fourth-order valence-corrected chi connectivity index (χ4v) is 4.99. The molecule has 0 unspecified atom stereocenters. The van der Waals surface area contributed by atoms with Crippen LogP contribution in [0.15, 0.2) is 12.2 Å². The second-order valence-corrected chi connectivity index (χ2v) is 8.44. The Morgan fingerprint density at radius 1 is 1.15 bits per heavy atom. The number of ether oxygens (including phenoxy) is 1. The molecule has 0 aromatic carbocycles. The number of aliphatic carboxylic acids is 1. The van der Waals surface area contributed by atoms with E-state index in [9.17, 15) is 19.5 Å². The molecule has 0 radical (unpaired) electrons. The van der Waals surface area contributed by atoms with Crippen molar-refractivity contribution in [2.75, 3.05) is 5.32 Å². The van der Waals surface area contributed by atoms with E-state index in [1.807, 2.05) is 6.08 Å². The van der Waals surface area contributed by atoms with Crippen LogP contribution in [-0.4, -0.2) is 23.9 Å². The maximum atomic E-state index is 12.8. The van der Waals surface area contributed by atoms with Crippen LogP contribution in [0.25, 0.3) is 0 Å². The molecule has 1 amide bonds. The number of amides is 1. The number of fused-ring (bicyclic) bond motifs is 1. The number of nitrogens with one attached hydrogen (secondary N) is 1. The van der Waals surface area contributed by atoms with Crippen molar-refractivity contribution < 1.29 is 24.2 Å². The van der Waals surface area contributed by atoms with E-state index >= 15 is 0 Å². The quantitative estimate of drug-likeness (QED) is 0.615. The lowest BCUT2D eigenvalue weighted by atomic mass is 9.82. The first-order chi connectivity index (χ1) is 12.9. The zero-order valence-corrected chi connectivity index (χ0v) is 16.4. The van der Waals surface area contributed by atoms with Crippen molar-refractivity contribution in [3.63, 3.8) is 0 Å². The van der Waals surface area contributed by atoms with Crippen LogP contribution in [0.5, 0.6) is 0 Å². The van der Waals surface area contributed by atoms with E-state index in [2.05, 4.69) is 5.32 Å². The van der Waals surface area contributed by atoms with E-state index in [1.165, 1.54) is 11.3 Å². The molecule has 0 bridgehead atoms. The monoisotopic (exact) mass is 390 g/mol. The second-order valence-electron chi connectivity index (χ2n) is 7.33. The highest BCUT2D eigenvalue weighted by atomic mass is 32.1. The largest absolute Gasteiger partial charge is 0.550 e. The molecule has 1 N–H and O–H groups in total. The predicted octanol–water partition coefficient (Wildman–Crippen LogP) is 2.46. The number of anilines is 1. The Bertz CT molecular complexity index is 780. The molecule has 0 fully saturated rings. The van der Waals surface area contributed by atoms with E-state index in [1.54, 1.807) is 19.9 Å². The number of hydrogen-bond acceptors (Lipinski definition) is 6. The summed E-state index contributed by atoms with van der Waals surface area (Å²) in [7, 11) is 0. The Hall–Kier alpha value is -2.15. The van der Waals surface area contributed by atoms with Gasteiger partial charge in [0, 0.05) is 16.8 Å². The summed E-state index contributed by atoms with van der Waals surface area (Å²) in [4.78, 5) is 38.0. The first-order valence-corrected chi connectivity index (χ1v) is 10.2. The average molecular weight is 390 g/mol. The molecule has 6 nitrogen and oxygen atoms in total. The van der Waals surface area contributed by atoms with Gasteiger partial charge in [0.05, 0.1) is 17.6 Å². The Morgan fingerprint density at radius 2 is 1.81 bits per heavy atom. The smallest absolute Gasteiger partial charge is 0.341 e. The van der Waals surface area contributed by atoms with Gasteiger partial charge in [-0.2, -0.15) is 0 Å². The minimum Gasteiger partial charge on any atom is -0.550 e. The summed E-state index contributed by atoms with van der Waals surface area (Å²) < 4.78 is 5.39. The van der Waals surface area contributed by atoms with Crippen LogP contribution >= 0.6 is 11.3 Å². The summed E-state index contributed by atoms with van der Waals surface area (Å²) in [6.45, 7) is 3.57. The van der Waals surface area contributed by atoms with Crippen LogP contribution < -0.4 is 10.4 Å². The number of aryl methyl sites for hydroxylation is 1. The first-order valence-electron chi connectivity index (χ1n) is 9.40. The van der Waals surface area contributed by atoms with Crippen molar-refractivity contribution in [1.82, 2.24) is 0 Å². The van der Waals surface area contributed by atoms with Gasteiger partial charge in [0.25, 0.3) is 0 Å². The van der Waals surface area contributed by atoms with Gasteiger partial charge in [0.1, 0.15) is 5.00 Å². The molecule has 146 valence electrons. The number of esters is 1. The highest BCUT2D eigenvalue weighted by Crippen LogP contribution is 2.39. The van der Waals surface area contributed by atoms with Crippen LogP contribution in [0.1, 0.15) is 60.3 Å². The van der Waals surface area contributed by atoms with Crippen LogP contribution in [-0.2, 0) is 27.2 Å². The van der Waals surface area contributed by atoms with Gasteiger partial charge >= 0.3 is 5.97 Å². The van der Waals surface area contributed by atoms with Gasteiger partial charge in [-0.3, -0.25) is 4.79 Å². The highest BCUT2D eigenvalue weighted by Gasteiger charge is 2.33. The topological polar surface area (TPSA) is 95.5 Å². The van der Waals surface area contributed by atoms with Crippen molar-refractivity contribution >= 4 is 34.2 Å². The van der Waals surface area contributed by atoms with Gasteiger partial charge in [-0.1, -0.05) is 12.2 Å². The predicted molar refractivity (Wildman–Crippen MR) is 101 cm³/mol. The molecule has 2 aliphatic carbocycles. The molecule has 1 aromatic heterocycles. The molecule has 3 rings (SSSR count). The van der Waals surface area contributed by atoms with E-state index in [-0.39, 0.29) is 18.4 Å². The van der Waals surface area contributed by atoms with Crippen molar-refractivity contribution in [3.05, 3.63) is 28.2 Å². The summed E-state index contributed by atoms with van der Waals surface area (Å²) in [6.07, 6.45) is 7.68. The zero-order chi connectivity index (χ0) is 19.6. The minimum atomic E-state index is -1.22. The van der Waals surface area contributed by atoms with Gasteiger partial charge < -0.3 is 20.0 Å². The first kappa shape index (κ1) is 19.6. The van der Waals surface area contributed by atoms with Crippen molar-refractivity contribution in [1.29, 1.82) is 0 Å². The summed E-state index contributed by atoms with van der Waals surface area (Å²) in [6, 6.07) is 0. The van der Waals surface area contributed by atoms with Gasteiger partial charge in [0.15, 0.2) is 0 Å². The van der Waals surface area contributed by atoms with Crippen LogP contribution in [0.3, 0.4) is 0 Å². The third kappa shape index (κ3) is 4.24. The molecule has 2 aliphatic rings. The number of allylic oxidation sites excluding steroid dienone is 2. The van der Waals surface area contributed by atoms with E-state index in [0.717, 1.165) is 36.1 Å². The second kappa shape index (κ2) is 8.25. The number of thiophene rings is 1. The van der Waals surface area contributed by atoms with Crippen molar-refractivity contribution in [3.8, 4) is 0 Å². The van der Waals surface area contributed by atoms with Gasteiger partial charge in [-0.25, -0.2) is 4.79 Å². The van der Waals surface area contributed by atoms with Crippen LogP contribution in [0, 0.1) is 11.8 Å². The van der Waals surface area contributed by atoms with E-state index in [0.29, 0.717) is 17.0 Å². The molecule has 0 saturated carbocycles. The summed E-state index contributed by atoms with van der Waals surface area (Å²) >= 11 is 1.41. The Balaban J connectivity index is 1.88. The van der Waals surface area contributed by atoms with Crippen molar-refractivity contribution in [2.45, 2.75) is 58.5 Å². The average Bonchev–Trinajstić information content (AvgIpc) is 2.98. The van der Waals surface area contributed by atoms with Crippen LogP contribution in [0.4, 0.5) is 5.00 Å². The normalized spacial score (nSPS) is 21.6. The molecule has 0 saturated heterocycles. The Labute approximate surface area is 162 Å².